The van der Waals surface area contributed by atoms with Crippen LogP contribution in [0.25, 0.3) is 6.08 Å². The summed E-state index contributed by atoms with van der Waals surface area (Å²) in [6.07, 6.45) is 7.92. The van der Waals surface area contributed by atoms with E-state index in [9.17, 15) is 19.2 Å². The maximum atomic E-state index is 12.3. The van der Waals surface area contributed by atoms with Crippen LogP contribution in [0.2, 0.25) is 0 Å². The Morgan fingerprint density at radius 2 is 0.938 bits per heavy atom. The fourth-order valence-corrected chi connectivity index (χ4v) is 7.25. The molecule has 0 N–H and O–H groups in total. The molecule has 2 aromatic carbocycles. The number of rotatable bonds is 13. The summed E-state index contributed by atoms with van der Waals surface area (Å²) in [7, 11) is 0. The van der Waals surface area contributed by atoms with E-state index in [1.165, 1.54) is 33.4 Å². The number of piperazine rings is 2. The van der Waals surface area contributed by atoms with Crippen molar-refractivity contribution >= 4 is 30.2 Å². The lowest BCUT2D eigenvalue weighted by Gasteiger charge is -2.35. The summed E-state index contributed by atoms with van der Waals surface area (Å²) in [5, 5.41) is 0. The summed E-state index contributed by atoms with van der Waals surface area (Å²) in [5.74, 6) is -0.292. The van der Waals surface area contributed by atoms with E-state index in [0.29, 0.717) is 45.4 Å². The third kappa shape index (κ3) is 22.0. The maximum Gasteiger partial charge on any atom is 0.410 e. The fourth-order valence-electron chi connectivity index (χ4n) is 7.25. The molecule has 0 atom stereocenters. The van der Waals surface area contributed by atoms with E-state index in [0.717, 1.165) is 58.5 Å². The zero-order chi connectivity index (χ0) is 47.9. The van der Waals surface area contributed by atoms with Crippen LogP contribution in [0.15, 0.2) is 42.5 Å². The van der Waals surface area contributed by atoms with Crippen LogP contribution in [-0.2, 0) is 48.0 Å². The van der Waals surface area contributed by atoms with Gasteiger partial charge in [-0.25, -0.2) is 9.59 Å². The molecule has 0 saturated carbocycles. The number of esters is 2. The standard InChI is InChI=1S/C26H42N2O4.C26H40N2O4/c2*1-20-12-13-22(21(18-20)10-8-9-11-23(29)31-25(2,3)4)19-27-14-16-28(17-15-27)24(30)32-26(5,6)7/h12-13,18H,8-11,14-17,19H2,1-7H3;8,10,12-13,18H,9,11,14-17,19H2,1-7H3/b;10-8+. The average molecular weight is 891 g/mol. The first kappa shape index (κ1) is 53.9. The molecule has 0 aliphatic carbocycles. The predicted octanol–water partition coefficient (Wildman–Crippen LogP) is 10.3. The Bertz CT molecular complexity index is 1850. The molecule has 4 rings (SSSR count). The van der Waals surface area contributed by atoms with Gasteiger partial charge in [-0.1, -0.05) is 59.7 Å². The fraction of sp³-hybridized carbons (Fsp3) is 0.654. The summed E-state index contributed by atoms with van der Waals surface area (Å²) in [4.78, 5) is 56.8. The normalized spacial score (nSPS) is 15.7. The highest BCUT2D eigenvalue weighted by atomic mass is 16.6. The summed E-state index contributed by atoms with van der Waals surface area (Å²) in [6, 6.07) is 13.1. The Balaban J connectivity index is 0.000000340. The SMILES string of the molecule is Cc1ccc(CN2CCN(C(=O)OC(C)(C)C)CC2)c(/C=C/CCC(=O)OC(C)(C)C)c1.Cc1ccc(CN2CCN(C(=O)OC(C)(C)C)CC2)c(CCCCC(=O)OC(C)(C)C)c1. The molecule has 64 heavy (non-hydrogen) atoms. The van der Waals surface area contributed by atoms with E-state index < -0.39 is 22.4 Å². The number of allylic oxidation sites excluding steroid dienone is 1. The lowest BCUT2D eigenvalue weighted by Crippen LogP contribution is -2.49. The monoisotopic (exact) mass is 891 g/mol. The Labute approximate surface area is 386 Å². The number of unbranched alkanes of at least 4 members (excludes halogenated alkanes) is 1. The summed E-state index contributed by atoms with van der Waals surface area (Å²) < 4.78 is 21.8. The minimum absolute atomic E-state index is 0.121. The molecule has 0 bridgehead atoms. The van der Waals surface area contributed by atoms with Crippen LogP contribution in [0, 0.1) is 13.8 Å². The zero-order valence-electron chi connectivity index (χ0n) is 42.0. The second kappa shape index (κ2) is 24.2. The lowest BCUT2D eigenvalue weighted by molar-refractivity contribution is -0.155. The van der Waals surface area contributed by atoms with Gasteiger partial charge in [0.25, 0.3) is 0 Å². The molecule has 2 saturated heterocycles. The minimum Gasteiger partial charge on any atom is -0.460 e. The highest BCUT2D eigenvalue weighted by Gasteiger charge is 2.28. The smallest absolute Gasteiger partial charge is 0.410 e. The highest BCUT2D eigenvalue weighted by Crippen LogP contribution is 2.22. The van der Waals surface area contributed by atoms with Gasteiger partial charge in [-0.3, -0.25) is 19.4 Å². The van der Waals surface area contributed by atoms with E-state index >= 15 is 0 Å². The summed E-state index contributed by atoms with van der Waals surface area (Å²) in [6.45, 7) is 34.6. The summed E-state index contributed by atoms with van der Waals surface area (Å²) >= 11 is 0. The molecule has 2 amide bonds. The second-order valence-electron chi connectivity index (χ2n) is 21.3. The molecule has 12 nitrogen and oxygen atoms in total. The van der Waals surface area contributed by atoms with Crippen molar-refractivity contribution in [1.82, 2.24) is 19.6 Å². The third-order valence-corrected chi connectivity index (χ3v) is 10.2. The number of nitrogens with zero attached hydrogens (tertiary/aromatic N) is 4. The number of ether oxygens (including phenoxy) is 4. The molecular formula is C52H82N4O8. The first-order valence-corrected chi connectivity index (χ1v) is 23.3. The Morgan fingerprint density at radius 3 is 1.41 bits per heavy atom. The van der Waals surface area contributed by atoms with E-state index in [2.05, 4.69) is 66.1 Å². The first-order valence-electron chi connectivity index (χ1n) is 23.3. The number of amides is 2. The van der Waals surface area contributed by atoms with Crippen molar-refractivity contribution < 1.29 is 38.1 Å². The largest absolute Gasteiger partial charge is 0.460 e. The van der Waals surface area contributed by atoms with Crippen molar-refractivity contribution in [2.75, 3.05) is 52.4 Å². The minimum atomic E-state index is -0.471. The van der Waals surface area contributed by atoms with Gasteiger partial charge in [0, 0.05) is 78.3 Å². The van der Waals surface area contributed by atoms with Gasteiger partial charge in [0.15, 0.2) is 0 Å². The lowest BCUT2D eigenvalue weighted by atomic mass is 9.98. The van der Waals surface area contributed by atoms with Crippen molar-refractivity contribution in [3.05, 3.63) is 75.9 Å². The predicted molar refractivity (Wildman–Crippen MR) is 256 cm³/mol. The number of carbonyl (C=O) groups is 4. The molecule has 2 aliphatic heterocycles. The van der Waals surface area contributed by atoms with E-state index in [4.69, 9.17) is 18.9 Å². The highest BCUT2D eigenvalue weighted by molar-refractivity contribution is 5.71. The maximum absolute atomic E-state index is 12.3. The van der Waals surface area contributed by atoms with Crippen LogP contribution in [0.5, 0.6) is 0 Å². The molecule has 358 valence electrons. The van der Waals surface area contributed by atoms with Gasteiger partial charge in [0.2, 0.25) is 0 Å². The topological polar surface area (TPSA) is 118 Å². The molecule has 0 spiro atoms. The molecule has 0 aromatic heterocycles. The van der Waals surface area contributed by atoms with Crippen molar-refractivity contribution in [2.45, 2.75) is 171 Å². The van der Waals surface area contributed by atoms with Crippen molar-refractivity contribution in [3.63, 3.8) is 0 Å². The van der Waals surface area contributed by atoms with E-state index in [1.54, 1.807) is 9.80 Å². The molecule has 2 heterocycles. The van der Waals surface area contributed by atoms with Crippen LogP contribution >= 0.6 is 0 Å². The Kier molecular flexibility index (Phi) is 20.4. The van der Waals surface area contributed by atoms with Gasteiger partial charge in [0.05, 0.1) is 0 Å². The number of benzene rings is 2. The van der Waals surface area contributed by atoms with Gasteiger partial charge < -0.3 is 28.7 Å². The van der Waals surface area contributed by atoms with E-state index in [1.807, 2.05) is 89.2 Å². The van der Waals surface area contributed by atoms with Crippen LogP contribution in [-0.4, -0.2) is 118 Å². The molecular weight excluding hydrogens is 809 g/mol. The van der Waals surface area contributed by atoms with Gasteiger partial charge in [-0.05, 0) is 145 Å². The molecule has 0 radical (unpaired) electrons. The van der Waals surface area contributed by atoms with Gasteiger partial charge in [0.1, 0.15) is 22.4 Å². The van der Waals surface area contributed by atoms with E-state index in [-0.39, 0.29) is 24.1 Å². The Morgan fingerprint density at radius 1 is 0.516 bits per heavy atom. The summed E-state index contributed by atoms with van der Waals surface area (Å²) in [5.41, 5.74) is 5.75. The average Bonchev–Trinajstić information content (AvgIpc) is 3.15. The number of aryl methyl sites for hydroxylation is 3. The van der Waals surface area contributed by atoms with Crippen LogP contribution in [0.4, 0.5) is 9.59 Å². The Hall–Kier alpha value is -4.42. The number of hydrogen-bond acceptors (Lipinski definition) is 10. The van der Waals surface area contributed by atoms with Gasteiger partial charge in [-0.2, -0.15) is 0 Å². The third-order valence-electron chi connectivity index (χ3n) is 10.2. The van der Waals surface area contributed by atoms with Crippen molar-refractivity contribution in [1.29, 1.82) is 0 Å². The van der Waals surface area contributed by atoms with Gasteiger partial charge in [-0.15, -0.1) is 0 Å². The van der Waals surface area contributed by atoms with Crippen molar-refractivity contribution in [3.8, 4) is 0 Å². The van der Waals surface area contributed by atoms with Crippen LogP contribution in [0.1, 0.15) is 149 Å². The van der Waals surface area contributed by atoms with Crippen LogP contribution in [0.3, 0.4) is 0 Å². The first-order chi connectivity index (χ1) is 29.6. The molecule has 2 fully saturated rings. The molecule has 2 aromatic rings. The number of hydrogen-bond donors (Lipinski definition) is 0. The quantitative estimate of drug-likeness (QED) is 0.109. The number of carbonyl (C=O) groups excluding carboxylic acids is 4. The molecule has 12 heteroatoms. The molecule has 0 unspecified atom stereocenters. The van der Waals surface area contributed by atoms with Crippen molar-refractivity contribution in [2.24, 2.45) is 0 Å². The molecule has 2 aliphatic rings. The zero-order valence-corrected chi connectivity index (χ0v) is 42.0. The second-order valence-corrected chi connectivity index (χ2v) is 21.3. The van der Waals surface area contributed by atoms with Crippen LogP contribution < -0.4 is 0 Å². The van der Waals surface area contributed by atoms with Gasteiger partial charge >= 0.3 is 24.1 Å².